The molecule has 0 aliphatic heterocycles. The molecule has 1 N–H and O–H groups in total. The van der Waals surface area contributed by atoms with Crippen LogP contribution < -0.4 is 5.32 Å². The Labute approximate surface area is 155 Å². The maximum absolute atomic E-state index is 13.3. The first kappa shape index (κ1) is 18.5. The average Bonchev–Trinajstić information content (AvgIpc) is 3.16. The third kappa shape index (κ3) is 3.51. The van der Waals surface area contributed by atoms with Crippen molar-refractivity contribution in [3.8, 4) is 0 Å². The Kier molecular flexibility index (Phi) is 4.89. The molecule has 1 atom stereocenters. The summed E-state index contributed by atoms with van der Waals surface area (Å²) in [7, 11) is 3.49. The van der Waals surface area contributed by atoms with Crippen LogP contribution >= 0.6 is 0 Å². The summed E-state index contributed by atoms with van der Waals surface area (Å²) in [4.78, 5) is 29.7. The average molecular weight is 369 g/mol. The van der Waals surface area contributed by atoms with Crippen molar-refractivity contribution < 1.29 is 14.0 Å². The first-order chi connectivity index (χ1) is 12.8. The summed E-state index contributed by atoms with van der Waals surface area (Å²) in [6.07, 6.45) is 3.32. The van der Waals surface area contributed by atoms with E-state index in [1.54, 1.807) is 61.7 Å². The zero-order chi connectivity index (χ0) is 19.7. The van der Waals surface area contributed by atoms with E-state index in [0.717, 1.165) is 0 Å². The number of carbonyl (C=O) groups excluding carboxylic acids is 2. The van der Waals surface area contributed by atoms with Crippen molar-refractivity contribution in [3.05, 3.63) is 70.8 Å². The fraction of sp³-hybridized carbons (Fsp3) is 0.263. The van der Waals surface area contributed by atoms with E-state index in [9.17, 15) is 14.0 Å². The number of imidazole rings is 1. The van der Waals surface area contributed by atoms with Gasteiger partial charge in [-0.1, -0.05) is 12.1 Å². The normalized spacial score (nSPS) is 12.0. The van der Waals surface area contributed by atoms with Crippen LogP contribution in [-0.2, 0) is 18.9 Å². The number of hydrogen-bond acceptors (Lipinski definition) is 4. The Morgan fingerprint density at radius 3 is 2.33 bits per heavy atom. The molecular formula is C19H20FN5O2. The lowest BCUT2D eigenvalue weighted by molar-refractivity contribution is -0.117. The van der Waals surface area contributed by atoms with Crippen LogP contribution in [0.5, 0.6) is 0 Å². The van der Waals surface area contributed by atoms with Crippen molar-refractivity contribution >= 4 is 11.7 Å². The summed E-state index contributed by atoms with van der Waals surface area (Å²) in [5.74, 6) is -1.30. The van der Waals surface area contributed by atoms with Crippen LogP contribution in [0.4, 0.5) is 4.39 Å². The lowest BCUT2D eigenvalue weighted by Gasteiger charge is -2.19. The monoisotopic (exact) mass is 369 g/mol. The maximum Gasteiger partial charge on any atom is 0.293 e. The van der Waals surface area contributed by atoms with Crippen molar-refractivity contribution in [2.24, 2.45) is 14.1 Å². The van der Waals surface area contributed by atoms with Gasteiger partial charge >= 0.3 is 0 Å². The van der Waals surface area contributed by atoms with Crippen molar-refractivity contribution in [1.29, 1.82) is 0 Å². The zero-order valence-corrected chi connectivity index (χ0v) is 15.5. The number of benzene rings is 1. The SMILES string of the molecule is Cc1nn(C)c(C)c1C(=O)C(=O)NC(c1ccc(F)cc1)c1nccn1C. The predicted molar refractivity (Wildman–Crippen MR) is 96.6 cm³/mol. The number of Topliss-reactive ketones (excluding diaryl/α,β-unsaturated/α-hetero) is 1. The molecule has 27 heavy (non-hydrogen) atoms. The summed E-state index contributed by atoms with van der Waals surface area (Å²) < 4.78 is 16.6. The molecule has 1 unspecified atom stereocenters. The minimum atomic E-state index is -0.772. The number of aryl methyl sites for hydroxylation is 3. The third-order valence-corrected chi connectivity index (χ3v) is 4.54. The molecule has 3 aromatic rings. The molecule has 1 amide bonds. The minimum Gasteiger partial charge on any atom is -0.336 e. The standard InChI is InChI=1S/C19H20FN5O2/c1-11-15(12(2)25(4)23-11)17(26)19(27)22-16(18-21-9-10-24(18)3)13-5-7-14(20)8-6-13/h5-10,16H,1-4H3,(H,22,27). The van der Waals surface area contributed by atoms with E-state index < -0.39 is 17.7 Å². The third-order valence-electron chi connectivity index (χ3n) is 4.54. The van der Waals surface area contributed by atoms with Crippen LogP contribution in [0.3, 0.4) is 0 Å². The highest BCUT2D eigenvalue weighted by molar-refractivity contribution is 6.43. The second-order valence-electron chi connectivity index (χ2n) is 6.35. The van der Waals surface area contributed by atoms with Gasteiger partial charge in [-0.15, -0.1) is 0 Å². The number of nitrogens with one attached hydrogen (secondary N) is 1. The van der Waals surface area contributed by atoms with Crippen LogP contribution in [0.1, 0.15) is 39.2 Å². The molecule has 0 saturated heterocycles. The molecule has 8 heteroatoms. The van der Waals surface area contributed by atoms with Gasteiger partial charge in [0, 0.05) is 32.2 Å². The van der Waals surface area contributed by atoms with Crippen LogP contribution in [0.25, 0.3) is 0 Å². The molecule has 0 fully saturated rings. The molecule has 2 aromatic heterocycles. The predicted octanol–water partition coefficient (Wildman–Crippen LogP) is 2.00. The number of ketones is 1. The zero-order valence-electron chi connectivity index (χ0n) is 15.5. The molecule has 2 heterocycles. The highest BCUT2D eigenvalue weighted by atomic mass is 19.1. The number of nitrogens with zero attached hydrogens (tertiary/aromatic N) is 4. The van der Waals surface area contributed by atoms with Gasteiger partial charge in [-0.25, -0.2) is 9.37 Å². The van der Waals surface area contributed by atoms with Crippen molar-refractivity contribution in [2.75, 3.05) is 0 Å². The van der Waals surface area contributed by atoms with Crippen LogP contribution in [0.15, 0.2) is 36.7 Å². The summed E-state index contributed by atoms with van der Waals surface area (Å²) >= 11 is 0. The Bertz CT molecular complexity index is 1000. The van der Waals surface area contributed by atoms with E-state index in [0.29, 0.717) is 22.8 Å². The first-order valence-corrected chi connectivity index (χ1v) is 8.37. The van der Waals surface area contributed by atoms with Crippen LogP contribution in [-0.4, -0.2) is 31.0 Å². The van der Waals surface area contributed by atoms with Gasteiger partial charge in [0.05, 0.1) is 11.3 Å². The van der Waals surface area contributed by atoms with Gasteiger partial charge in [0.15, 0.2) is 0 Å². The highest BCUT2D eigenvalue weighted by Crippen LogP contribution is 2.21. The molecule has 0 radical (unpaired) electrons. The summed E-state index contributed by atoms with van der Waals surface area (Å²) in [5, 5.41) is 6.91. The van der Waals surface area contributed by atoms with Crippen LogP contribution in [0.2, 0.25) is 0 Å². The lowest BCUT2D eigenvalue weighted by atomic mass is 10.0. The van der Waals surface area contributed by atoms with Gasteiger partial charge in [0.25, 0.3) is 11.7 Å². The second-order valence-corrected chi connectivity index (χ2v) is 6.35. The molecule has 3 rings (SSSR count). The molecule has 0 bridgehead atoms. The van der Waals surface area contributed by atoms with E-state index in [1.807, 2.05) is 0 Å². The number of amides is 1. The Morgan fingerprint density at radius 1 is 1.15 bits per heavy atom. The Hall–Kier alpha value is -3.29. The van der Waals surface area contributed by atoms with Gasteiger partial charge in [-0.2, -0.15) is 5.10 Å². The molecular weight excluding hydrogens is 349 g/mol. The van der Waals surface area contributed by atoms with Gasteiger partial charge in [-0.05, 0) is 31.5 Å². The quantitative estimate of drug-likeness (QED) is 0.551. The van der Waals surface area contributed by atoms with E-state index >= 15 is 0 Å². The number of halogens is 1. The van der Waals surface area contributed by atoms with E-state index in [2.05, 4.69) is 15.4 Å². The first-order valence-electron chi connectivity index (χ1n) is 8.37. The fourth-order valence-corrected chi connectivity index (χ4v) is 3.02. The summed E-state index contributed by atoms with van der Waals surface area (Å²) in [6.45, 7) is 3.42. The topological polar surface area (TPSA) is 81.8 Å². The number of carbonyl (C=O) groups is 2. The Balaban J connectivity index is 1.94. The Morgan fingerprint density at radius 2 is 1.81 bits per heavy atom. The van der Waals surface area contributed by atoms with E-state index in [1.165, 1.54) is 12.1 Å². The van der Waals surface area contributed by atoms with Gasteiger partial charge in [0.2, 0.25) is 0 Å². The number of aromatic nitrogens is 4. The highest BCUT2D eigenvalue weighted by Gasteiger charge is 2.28. The molecule has 7 nitrogen and oxygen atoms in total. The maximum atomic E-state index is 13.3. The number of rotatable bonds is 5. The molecule has 0 aliphatic rings. The largest absolute Gasteiger partial charge is 0.336 e. The fourth-order valence-electron chi connectivity index (χ4n) is 3.02. The molecule has 0 aliphatic carbocycles. The molecule has 0 saturated carbocycles. The van der Waals surface area contributed by atoms with Crippen molar-refractivity contribution in [1.82, 2.24) is 24.6 Å². The van der Waals surface area contributed by atoms with Gasteiger partial charge in [-0.3, -0.25) is 14.3 Å². The van der Waals surface area contributed by atoms with Crippen molar-refractivity contribution in [3.63, 3.8) is 0 Å². The van der Waals surface area contributed by atoms with Gasteiger partial charge in [0.1, 0.15) is 17.7 Å². The lowest BCUT2D eigenvalue weighted by Crippen LogP contribution is -2.36. The summed E-state index contributed by atoms with van der Waals surface area (Å²) in [6, 6.07) is 5.02. The molecule has 140 valence electrons. The smallest absolute Gasteiger partial charge is 0.293 e. The van der Waals surface area contributed by atoms with Gasteiger partial charge < -0.3 is 9.88 Å². The minimum absolute atomic E-state index is 0.285. The number of hydrogen-bond donors (Lipinski definition) is 1. The van der Waals surface area contributed by atoms with E-state index in [-0.39, 0.29) is 11.4 Å². The van der Waals surface area contributed by atoms with Crippen molar-refractivity contribution in [2.45, 2.75) is 19.9 Å². The second kappa shape index (κ2) is 7.14. The van der Waals surface area contributed by atoms with Crippen LogP contribution in [0, 0.1) is 19.7 Å². The van der Waals surface area contributed by atoms with E-state index in [4.69, 9.17) is 0 Å². The molecule has 0 spiro atoms. The summed E-state index contributed by atoms with van der Waals surface area (Å²) in [5.41, 5.74) is 2.01. The molecule has 1 aromatic carbocycles.